The molecule has 0 radical (unpaired) electrons. The van der Waals surface area contributed by atoms with Crippen LogP contribution in [-0.2, 0) is 4.79 Å². The fraction of sp³-hybridized carbons (Fsp3) is 0. The van der Waals surface area contributed by atoms with Crippen LogP contribution in [0.15, 0.2) is 57.9 Å². The van der Waals surface area contributed by atoms with Gasteiger partial charge in [-0.1, -0.05) is 28.1 Å². The van der Waals surface area contributed by atoms with Crippen LogP contribution in [0.25, 0.3) is 6.08 Å². The van der Waals surface area contributed by atoms with E-state index in [1.807, 2.05) is 0 Å². The molecule has 1 aliphatic heterocycles. The summed E-state index contributed by atoms with van der Waals surface area (Å²) in [6.07, 6.45) is 1.68. The molecule has 2 aromatic rings. The summed E-state index contributed by atoms with van der Waals surface area (Å²) in [6, 6.07) is 13.7. The van der Waals surface area contributed by atoms with Gasteiger partial charge in [-0.05, 0) is 59.8 Å². The maximum absolute atomic E-state index is 12.0. The Kier molecular flexibility index (Phi) is 4.82. The van der Waals surface area contributed by atoms with Crippen LogP contribution in [0.5, 0.6) is 5.75 Å². The van der Waals surface area contributed by atoms with Crippen LogP contribution in [-0.4, -0.2) is 17.0 Å². The molecule has 2 aromatic carbocycles. The highest BCUT2D eigenvalue weighted by atomic mass is 79.9. The summed E-state index contributed by atoms with van der Waals surface area (Å²) < 4.78 is 6.20. The zero-order chi connectivity index (χ0) is 17.1. The predicted octanol–water partition coefficient (Wildman–Crippen LogP) is 3.81. The number of carbonyl (C=O) groups excluding carboxylic acids is 2. The predicted molar refractivity (Wildman–Crippen MR) is 97.0 cm³/mol. The third-order valence-corrected chi connectivity index (χ3v) is 4.49. The van der Waals surface area contributed by atoms with Crippen molar-refractivity contribution in [2.45, 2.75) is 0 Å². The largest absolute Gasteiger partial charge is 0.423 e. The van der Waals surface area contributed by atoms with E-state index in [2.05, 4.69) is 21.2 Å². The molecule has 1 heterocycles. The first kappa shape index (κ1) is 16.5. The summed E-state index contributed by atoms with van der Waals surface area (Å²) >= 11 is 4.39. The number of esters is 1. The fourth-order valence-corrected chi connectivity index (χ4v) is 2.94. The number of benzene rings is 2. The molecule has 7 heteroatoms. The summed E-state index contributed by atoms with van der Waals surface area (Å²) in [6.45, 7) is 0. The van der Waals surface area contributed by atoms with Gasteiger partial charge in [-0.3, -0.25) is 10.2 Å². The lowest BCUT2D eigenvalue weighted by atomic mass is 10.2. The van der Waals surface area contributed by atoms with Crippen molar-refractivity contribution in [3.63, 3.8) is 0 Å². The number of hydrogen-bond acceptors (Lipinski definition) is 5. The maximum atomic E-state index is 12.0. The van der Waals surface area contributed by atoms with E-state index in [-0.39, 0.29) is 11.1 Å². The number of carbonyl (C=O) groups is 2. The van der Waals surface area contributed by atoms with Crippen LogP contribution >= 0.6 is 27.7 Å². The summed E-state index contributed by atoms with van der Waals surface area (Å²) in [5.41, 5.74) is 1.24. The molecule has 0 aliphatic carbocycles. The van der Waals surface area contributed by atoms with Gasteiger partial charge in [0.05, 0.1) is 10.5 Å². The van der Waals surface area contributed by atoms with E-state index < -0.39 is 5.97 Å². The Morgan fingerprint density at radius 1 is 1.12 bits per heavy atom. The Morgan fingerprint density at radius 3 is 2.38 bits per heavy atom. The van der Waals surface area contributed by atoms with Gasteiger partial charge in [0.2, 0.25) is 0 Å². The second kappa shape index (κ2) is 7.02. The Labute approximate surface area is 150 Å². The number of amides is 1. The first-order valence-electron chi connectivity index (χ1n) is 6.88. The number of thioether (sulfide) groups is 1. The quantitative estimate of drug-likeness (QED) is 0.464. The Balaban J connectivity index is 1.69. The van der Waals surface area contributed by atoms with E-state index in [4.69, 9.17) is 10.1 Å². The van der Waals surface area contributed by atoms with E-state index >= 15 is 0 Å². The number of rotatable bonds is 3. The van der Waals surface area contributed by atoms with Crippen molar-refractivity contribution in [2.24, 2.45) is 0 Å². The third kappa shape index (κ3) is 3.93. The van der Waals surface area contributed by atoms with Gasteiger partial charge in [0.1, 0.15) is 5.75 Å². The first-order valence-corrected chi connectivity index (χ1v) is 8.49. The third-order valence-electron chi connectivity index (χ3n) is 3.13. The van der Waals surface area contributed by atoms with Crippen molar-refractivity contribution in [3.8, 4) is 5.75 Å². The number of ether oxygens (including phenoxy) is 1. The molecule has 1 fully saturated rings. The summed E-state index contributed by atoms with van der Waals surface area (Å²) in [7, 11) is 0. The van der Waals surface area contributed by atoms with Gasteiger partial charge in [0, 0.05) is 4.47 Å². The van der Waals surface area contributed by atoms with Crippen LogP contribution in [0.1, 0.15) is 15.9 Å². The molecule has 0 saturated carbocycles. The Hall–Kier alpha value is -2.38. The van der Waals surface area contributed by atoms with E-state index in [1.165, 1.54) is 0 Å². The molecule has 24 heavy (non-hydrogen) atoms. The van der Waals surface area contributed by atoms with Crippen molar-refractivity contribution in [3.05, 3.63) is 69.0 Å². The van der Waals surface area contributed by atoms with E-state index in [1.54, 1.807) is 54.6 Å². The number of halogens is 1. The minimum atomic E-state index is -0.437. The molecule has 5 nitrogen and oxygen atoms in total. The maximum Gasteiger partial charge on any atom is 0.343 e. The monoisotopic (exact) mass is 402 g/mol. The average Bonchev–Trinajstić information content (AvgIpc) is 2.87. The van der Waals surface area contributed by atoms with Gasteiger partial charge >= 0.3 is 5.97 Å². The molecule has 0 aromatic heterocycles. The topological polar surface area (TPSA) is 79.2 Å². The molecule has 0 atom stereocenters. The summed E-state index contributed by atoms with van der Waals surface area (Å²) in [5, 5.41) is 9.94. The van der Waals surface area contributed by atoms with Gasteiger partial charge in [-0.2, -0.15) is 0 Å². The highest BCUT2D eigenvalue weighted by Crippen LogP contribution is 2.25. The lowest BCUT2D eigenvalue weighted by Crippen LogP contribution is -2.18. The molecule has 0 spiro atoms. The van der Waals surface area contributed by atoms with Gasteiger partial charge in [0.25, 0.3) is 5.91 Å². The van der Waals surface area contributed by atoms with Crippen molar-refractivity contribution >= 4 is 50.8 Å². The molecule has 2 N–H and O–H groups in total. The first-order chi connectivity index (χ1) is 11.5. The second-order valence-electron chi connectivity index (χ2n) is 4.86. The zero-order valence-corrected chi connectivity index (χ0v) is 14.6. The van der Waals surface area contributed by atoms with Crippen LogP contribution in [0.2, 0.25) is 0 Å². The van der Waals surface area contributed by atoms with Gasteiger partial charge < -0.3 is 10.1 Å². The average molecular weight is 403 g/mol. The van der Waals surface area contributed by atoms with Crippen LogP contribution in [0, 0.1) is 5.41 Å². The highest BCUT2D eigenvalue weighted by molar-refractivity contribution is 9.10. The lowest BCUT2D eigenvalue weighted by molar-refractivity contribution is -0.115. The second-order valence-corrected chi connectivity index (χ2v) is 6.83. The molecule has 1 amide bonds. The van der Waals surface area contributed by atoms with Gasteiger partial charge in [-0.15, -0.1) is 0 Å². The highest BCUT2D eigenvalue weighted by Gasteiger charge is 2.22. The van der Waals surface area contributed by atoms with Crippen LogP contribution < -0.4 is 10.1 Å². The standard InChI is InChI=1S/C17H11BrN2O3S/c18-12-5-3-11(4-6-12)16(22)23-13-7-1-10(2-8-13)9-14-15(21)20-17(19)24-14/h1-9H,(H2,19,20,21). The van der Waals surface area contributed by atoms with Crippen molar-refractivity contribution in [2.75, 3.05) is 0 Å². The molecular formula is C17H11BrN2O3S. The number of hydrogen-bond donors (Lipinski definition) is 2. The summed E-state index contributed by atoms with van der Waals surface area (Å²) in [4.78, 5) is 24.1. The van der Waals surface area contributed by atoms with Crippen molar-refractivity contribution in [1.82, 2.24) is 5.32 Å². The number of amidine groups is 1. The number of nitrogens with one attached hydrogen (secondary N) is 2. The summed E-state index contributed by atoms with van der Waals surface area (Å²) in [5.74, 6) is -0.301. The normalized spacial score (nSPS) is 15.5. The molecule has 0 unspecified atom stereocenters. The van der Waals surface area contributed by atoms with Crippen molar-refractivity contribution < 1.29 is 14.3 Å². The lowest BCUT2D eigenvalue weighted by Gasteiger charge is -2.05. The van der Waals surface area contributed by atoms with E-state index in [0.717, 1.165) is 21.8 Å². The minimum Gasteiger partial charge on any atom is -0.423 e. The molecule has 1 saturated heterocycles. The van der Waals surface area contributed by atoms with E-state index in [9.17, 15) is 9.59 Å². The van der Waals surface area contributed by atoms with Crippen molar-refractivity contribution in [1.29, 1.82) is 5.41 Å². The SMILES string of the molecule is N=C1NC(=O)C(=Cc2ccc(OC(=O)c3ccc(Br)cc3)cc2)S1. The Morgan fingerprint density at radius 2 is 1.79 bits per heavy atom. The molecule has 3 rings (SSSR count). The molecule has 0 bridgehead atoms. The fourth-order valence-electron chi connectivity index (χ4n) is 1.98. The zero-order valence-electron chi connectivity index (χ0n) is 12.2. The van der Waals surface area contributed by atoms with Gasteiger partial charge in [-0.25, -0.2) is 4.79 Å². The van der Waals surface area contributed by atoms with Gasteiger partial charge in [0.15, 0.2) is 5.17 Å². The minimum absolute atomic E-state index is 0.117. The smallest absolute Gasteiger partial charge is 0.343 e. The molecule has 120 valence electrons. The van der Waals surface area contributed by atoms with Crippen LogP contribution in [0.3, 0.4) is 0 Å². The van der Waals surface area contributed by atoms with E-state index in [0.29, 0.717) is 16.2 Å². The van der Waals surface area contributed by atoms with Crippen LogP contribution in [0.4, 0.5) is 0 Å². The molecule has 1 aliphatic rings. The Bertz CT molecular complexity index is 845. The molecular weight excluding hydrogens is 392 g/mol.